The Kier molecular flexibility index (Phi) is 3.61. The van der Waals surface area contributed by atoms with Crippen molar-refractivity contribution >= 4 is 27.5 Å². The van der Waals surface area contributed by atoms with E-state index in [1.54, 1.807) is 0 Å². The second kappa shape index (κ2) is 4.97. The highest BCUT2D eigenvalue weighted by Crippen LogP contribution is 2.23. The van der Waals surface area contributed by atoms with Crippen LogP contribution in [0.4, 0.5) is 5.69 Å². The van der Waals surface area contributed by atoms with Gasteiger partial charge in [-0.1, -0.05) is 22.0 Å². The third kappa shape index (κ3) is 2.44. The smallest absolute Gasteiger partial charge is 0.241 e. The summed E-state index contributed by atoms with van der Waals surface area (Å²) in [6.07, 6.45) is 2.01. The second-order valence-electron chi connectivity index (χ2n) is 4.05. The summed E-state index contributed by atoms with van der Waals surface area (Å²) < 4.78 is 1.02. The summed E-state index contributed by atoms with van der Waals surface area (Å²) in [5.74, 6) is 0.0682. The fourth-order valence-corrected chi connectivity index (χ4v) is 2.24. The monoisotopic (exact) mass is 282 g/mol. The van der Waals surface area contributed by atoms with Crippen molar-refractivity contribution in [3.05, 3.63) is 28.2 Å². The molecular weight excluding hydrogens is 268 g/mol. The molecule has 1 saturated heterocycles. The van der Waals surface area contributed by atoms with E-state index < -0.39 is 0 Å². The minimum atomic E-state index is -0.0293. The Hall–Kier alpha value is -0.870. The number of carbonyl (C=O) groups is 1. The first-order chi connectivity index (χ1) is 7.68. The van der Waals surface area contributed by atoms with E-state index in [0.29, 0.717) is 0 Å². The van der Waals surface area contributed by atoms with Gasteiger partial charge >= 0.3 is 0 Å². The maximum Gasteiger partial charge on any atom is 0.241 e. The van der Waals surface area contributed by atoms with Gasteiger partial charge in [-0.05, 0) is 44.0 Å². The third-order valence-corrected chi connectivity index (χ3v) is 3.76. The van der Waals surface area contributed by atoms with Crippen LogP contribution in [0.3, 0.4) is 0 Å². The zero-order valence-corrected chi connectivity index (χ0v) is 10.8. The Morgan fingerprint density at radius 2 is 2.38 bits per heavy atom. The molecule has 1 amide bonds. The molecule has 4 heteroatoms. The molecule has 1 aromatic carbocycles. The van der Waals surface area contributed by atoms with Crippen LogP contribution in [0, 0.1) is 6.92 Å². The Morgan fingerprint density at radius 3 is 3.06 bits per heavy atom. The van der Waals surface area contributed by atoms with Gasteiger partial charge in [0.1, 0.15) is 0 Å². The molecule has 1 heterocycles. The maximum atomic E-state index is 11.9. The number of carbonyl (C=O) groups excluding carboxylic acids is 1. The quantitative estimate of drug-likeness (QED) is 0.875. The van der Waals surface area contributed by atoms with Crippen molar-refractivity contribution in [2.24, 2.45) is 0 Å². The van der Waals surface area contributed by atoms with E-state index in [-0.39, 0.29) is 11.9 Å². The van der Waals surface area contributed by atoms with Crippen LogP contribution in [0.2, 0.25) is 0 Å². The van der Waals surface area contributed by atoms with Crippen molar-refractivity contribution in [3.63, 3.8) is 0 Å². The third-order valence-electron chi connectivity index (χ3n) is 2.90. The first kappa shape index (κ1) is 11.6. The molecule has 16 heavy (non-hydrogen) atoms. The first-order valence-electron chi connectivity index (χ1n) is 5.48. The highest BCUT2D eigenvalue weighted by atomic mass is 79.9. The molecule has 1 atom stereocenters. The van der Waals surface area contributed by atoms with Gasteiger partial charge in [0, 0.05) is 10.2 Å². The lowest BCUT2D eigenvalue weighted by molar-refractivity contribution is -0.117. The lowest BCUT2D eigenvalue weighted by Gasteiger charge is -2.13. The van der Waals surface area contributed by atoms with Gasteiger partial charge in [0.2, 0.25) is 5.91 Å². The highest BCUT2D eigenvalue weighted by Gasteiger charge is 2.22. The van der Waals surface area contributed by atoms with E-state index in [2.05, 4.69) is 26.6 Å². The molecule has 0 unspecified atom stereocenters. The lowest BCUT2D eigenvalue weighted by atomic mass is 10.1. The number of nitrogens with one attached hydrogen (secondary N) is 2. The largest absolute Gasteiger partial charge is 0.324 e. The van der Waals surface area contributed by atoms with Crippen molar-refractivity contribution in [1.82, 2.24) is 5.32 Å². The molecule has 3 nitrogen and oxygen atoms in total. The van der Waals surface area contributed by atoms with Crippen LogP contribution in [0.15, 0.2) is 22.7 Å². The summed E-state index contributed by atoms with van der Waals surface area (Å²) >= 11 is 3.45. The molecule has 0 aromatic heterocycles. The van der Waals surface area contributed by atoms with E-state index in [9.17, 15) is 4.79 Å². The van der Waals surface area contributed by atoms with Crippen molar-refractivity contribution < 1.29 is 4.79 Å². The summed E-state index contributed by atoms with van der Waals surface area (Å²) in [6, 6.07) is 5.79. The zero-order chi connectivity index (χ0) is 11.5. The Bertz CT molecular complexity index is 400. The fourth-order valence-electron chi connectivity index (χ4n) is 1.87. The summed E-state index contributed by atoms with van der Waals surface area (Å²) in [5.41, 5.74) is 1.95. The number of amides is 1. The average Bonchev–Trinajstić information content (AvgIpc) is 2.78. The van der Waals surface area contributed by atoms with E-state index >= 15 is 0 Å². The molecule has 0 bridgehead atoms. The summed E-state index contributed by atoms with van der Waals surface area (Å²) in [7, 11) is 0. The average molecular weight is 283 g/mol. The molecule has 2 N–H and O–H groups in total. The summed E-state index contributed by atoms with van der Waals surface area (Å²) in [6.45, 7) is 2.93. The minimum absolute atomic E-state index is 0.0293. The molecule has 0 radical (unpaired) electrons. The van der Waals surface area contributed by atoms with Gasteiger partial charge in [-0.2, -0.15) is 0 Å². The minimum Gasteiger partial charge on any atom is -0.324 e. The van der Waals surface area contributed by atoms with Gasteiger partial charge in [-0.3, -0.25) is 4.79 Å². The number of rotatable bonds is 2. The van der Waals surface area contributed by atoms with Gasteiger partial charge < -0.3 is 10.6 Å². The van der Waals surface area contributed by atoms with E-state index in [0.717, 1.165) is 35.1 Å². The predicted octanol–water partition coefficient (Wildman–Crippen LogP) is 2.45. The Balaban J connectivity index is 2.08. The number of hydrogen-bond acceptors (Lipinski definition) is 2. The number of hydrogen-bond donors (Lipinski definition) is 2. The molecule has 0 aliphatic carbocycles. The van der Waals surface area contributed by atoms with Crippen LogP contribution in [0.25, 0.3) is 0 Å². The Labute approximate surface area is 104 Å². The van der Waals surface area contributed by atoms with E-state index in [4.69, 9.17) is 0 Å². The van der Waals surface area contributed by atoms with Crippen molar-refractivity contribution in [1.29, 1.82) is 0 Å². The SMILES string of the molecule is Cc1c(Br)cccc1NC(=O)[C@@H]1CCCN1. The molecule has 0 spiro atoms. The summed E-state index contributed by atoms with van der Waals surface area (Å²) in [5, 5.41) is 6.15. The molecule has 1 fully saturated rings. The summed E-state index contributed by atoms with van der Waals surface area (Å²) in [4.78, 5) is 11.9. The number of benzene rings is 1. The van der Waals surface area contributed by atoms with Crippen LogP contribution in [-0.4, -0.2) is 18.5 Å². The van der Waals surface area contributed by atoms with Crippen molar-refractivity contribution in [2.75, 3.05) is 11.9 Å². The number of anilines is 1. The van der Waals surface area contributed by atoms with Crippen LogP contribution in [0.5, 0.6) is 0 Å². The molecule has 0 saturated carbocycles. The lowest BCUT2D eigenvalue weighted by Crippen LogP contribution is -2.35. The zero-order valence-electron chi connectivity index (χ0n) is 9.22. The van der Waals surface area contributed by atoms with Gasteiger partial charge in [0.05, 0.1) is 6.04 Å². The fraction of sp³-hybridized carbons (Fsp3) is 0.417. The Morgan fingerprint density at radius 1 is 1.56 bits per heavy atom. The second-order valence-corrected chi connectivity index (χ2v) is 4.90. The van der Waals surface area contributed by atoms with Crippen molar-refractivity contribution in [2.45, 2.75) is 25.8 Å². The molecule has 86 valence electrons. The van der Waals surface area contributed by atoms with Gasteiger partial charge in [0.25, 0.3) is 0 Å². The molecule has 1 aromatic rings. The van der Waals surface area contributed by atoms with Crippen LogP contribution in [0.1, 0.15) is 18.4 Å². The van der Waals surface area contributed by atoms with E-state index in [1.807, 2.05) is 25.1 Å². The molecule has 2 rings (SSSR count). The van der Waals surface area contributed by atoms with Crippen LogP contribution >= 0.6 is 15.9 Å². The van der Waals surface area contributed by atoms with Gasteiger partial charge in [-0.15, -0.1) is 0 Å². The molecule has 1 aliphatic heterocycles. The van der Waals surface area contributed by atoms with E-state index in [1.165, 1.54) is 0 Å². The standard InChI is InChI=1S/C12H15BrN2O/c1-8-9(13)4-2-5-10(8)15-12(16)11-6-3-7-14-11/h2,4-5,11,14H,3,6-7H2,1H3,(H,15,16)/t11-/m0/s1. The van der Waals surface area contributed by atoms with Crippen LogP contribution < -0.4 is 10.6 Å². The molecule has 1 aliphatic rings. The normalized spacial score (nSPS) is 19.8. The topological polar surface area (TPSA) is 41.1 Å². The predicted molar refractivity (Wildman–Crippen MR) is 68.5 cm³/mol. The van der Waals surface area contributed by atoms with Crippen LogP contribution in [-0.2, 0) is 4.79 Å². The molecular formula is C12H15BrN2O. The maximum absolute atomic E-state index is 11.9. The highest BCUT2D eigenvalue weighted by molar-refractivity contribution is 9.10. The number of halogens is 1. The first-order valence-corrected chi connectivity index (χ1v) is 6.27. The van der Waals surface area contributed by atoms with Gasteiger partial charge in [0.15, 0.2) is 0 Å². The van der Waals surface area contributed by atoms with Crippen molar-refractivity contribution in [3.8, 4) is 0 Å². The van der Waals surface area contributed by atoms with Gasteiger partial charge in [-0.25, -0.2) is 0 Å².